The van der Waals surface area contributed by atoms with Crippen LogP contribution in [-0.4, -0.2) is 38.0 Å². The van der Waals surface area contributed by atoms with Crippen LogP contribution in [0, 0.1) is 6.92 Å². The quantitative estimate of drug-likeness (QED) is 0.231. The number of benzene rings is 1. The van der Waals surface area contributed by atoms with Gasteiger partial charge in [0.1, 0.15) is 23.6 Å². The first-order valence-electron chi connectivity index (χ1n) is 9.60. The topological polar surface area (TPSA) is 105 Å². The van der Waals surface area contributed by atoms with Gasteiger partial charge in [-0.2, -0.15) is 0 Å². The molecule has 0 saturated heterocycles. The average Bonchev–Trinajstić information content (AvgIpc) is 3.09. The number of hydrogen-bond donors (Lipinski definition) is 3. The molecule has 1 atom stereocenters. The van der Waals surface area contributed by atoms with E-state index in [0.29, 0.717) is 42.6 Å². The van der Waals surface area contributed by atoms with Gasteiger partial charge in [-0.05, 0) is 31.5 Å². The van der Waals surface area contributed by atoms with E-state index in [1.807, 2.05) is 31.2 Å². The third kappa shape index (κ3) is 5.74. The Morgan fingerprint density at radius 2 is 2.10 bits per heavy atom. The fourth-order valence-corrected chi connectivity index (χ4v) is 3.34. The van der Waals surface area contributed by atoms with Gasteiger partial charge in [0.15, 0.2) is 5.96 Å². The number of aliphatic imine (C=N–C) groups is 1. The Morgan fingerprint density at radius 3 is 2.83 bits per heavy atom. The summed E-state index contributed by atoms with van der Waals surface area (Å²) < 4.78 is 10.4. The average molecular weight is 526 g/mol. The molecule has 8 nitrogen and oxygen atoms in total. The number of anilines is 1. The molecule has 0 spiro atoms. The first-order valence-corrected chi connectivity index (χ1v) is 9.60. The number of furan rings is 1. The van der Waals surface area contributed by atoms with Crippen molar-refractivity contribution in [3.63, 3.8) is 0 Å². The smallest absolute Gasteiger partial charge is 0.341 e. The number of carbonyl (C=O) groups excluding carboxylic acids is 2. The number of guanidine groups is 1. The summed E-state index contributed by atoms with van der Waals surface area (Å²) in [5.74, 6) is 1.33. The zero-order valence-electron chi connectivity index (χ0n) is 17.3. The molecule has 0 fully saturated rings. The van der Waals surface area contributed by atoms with Gasteiger partial charge in [-0.15, -0.1) is 24.0 Å². The molecule has 1 amide bonds. The highest BCUT2D eigenvalue weighted by atomic mass is 127. The minimum absolute atomic E-state index is 0. The Bertz CT molecular complexity index is 925. The number of fused-ring (bicyclic) bond motifs is 1. The zero-order chi connectivity index (χ0) is 20.8. The lowest BCUT2D eigenvalue weighted by molar-refractivity contribution is -0.116. The Labute approximate surface area is 192 Å². The van der Waals surface area contributed by atoms with Gasteiger partial charge in [0.05, 0.1) is 7.11 Å². The molecule has 1 aliphatic rings. The number of ether oxygens (including phenoxy) is 1. The molecular weight excluding hydrogens is 499 g/mol. The van der Waals surface area contributed by atoms with E-state index in [1.54, 1.807) is 13.0 Å². The summed E-state index contributed by atoms with van der Waals surface area (Å²) in [4.78, 5) is 28.2. The highest BCUT2D eigenvalue weighted by Gasteiger charge is 2.24. The summed E-state index contributed by atoms with van der Waals surface area (Å²) in [6.45, 7) is 5.23. The maximum absolute atomic E-state index is 12.0. The van der Waals surface area contributed by atoms with Gasteiger partial charge in [0.2, 0.25) is 5.91 Å². The summed E-state index contributed by atoms with van der Waals surface area (Å²) in [5, 5.41) is 9.40. The number of halogens is 1. The maximum Gasteiger partial charge on any atom is 0.341 e. The van der Waals surface area contributed by atoms with Crippen molar-refractivity contribution in [2.75, 3.05) is 25.5 Å². The van der Waals surface area contributed by atoms with E-state index < -0.39 is 5.97 Å². The number of esters is 1. The number of para-hydroxylation sites is 1. The van der Waals surface area contributed by atoms with E-state index in [4.69, 9.17) is 9.15 Å². The maximum atomic E-state index is 12.0. The summed E-state index contributed by atoms with van der Waals surface area (Å²) in [5.41, 5.74) is 2.37. The van der Waals surface area contributed by atoms with Gasteiger partial charge in [-0.25, -0.2) is 9.79 Å². The highest BCUT2D eigenvalue weighted by Crippen LogP contribution is 2.31. The van der Waals surface area contributed by atoms with E-state index in [9.17, 15) is 9.59 Å². The van der Waals surface area contributed by atoms with E-state index in [-0.39, 0.29) is 42.3 Å². The van der Waals surface area contributed by atoms with Crippen molar-refractivity contribution >= 4 is 47.5 Å². The lowest BCUT2D eigenvalue weighted by atomic mass is 9.90. The second-order valence-electron chi connectivity index (χ2n) is 6.79. The molecule has 2 aromatic rings. The van der Waals surface area contributed by atoms with Crippen LogP contribution in [-0.2, 0) is 16.1 Å². The van der Waals surface area contributed by atoms with E-state index >= 15 is 0 Å². The summed E-state index contributed by atoms with van der Waals surface area (Å²) in [6.07, 6.45) is 0.420. The molecule has 30 heavy (non-hydrogen) atoms. The number of rotatable bonds is 6. The Hall–Kier alpha value is -2.56. The summed E-state index contributed by atoms with van der Waals surface area (Å²) in [7, 11) is 1.34. The first-order chi connectivity index (χ1) is 14.0. The predicted octanol–water partition coefficient (Wildman–Crippen LogP) is 3.17. The Morgan fingerprint density at radius 1 is 1.33 bits per heavy atom. The molecule has 0 radical (unpaired) electrons. The van der Waals surface area contributed by atoms with Crippen molar-refractivity contribution in [3.05, 3.63) is 53.0 Å². The molecule has 0 aliphatic carbocycles. The van der Waals surface area contributed by atoms with E-state index in [2.05, 4.69) is 20.9 Å². The Balaban J connectivity index is 0.00000320. The van der Waals surface area contributed by atoms with Crippen LogP contribution in [0.15, 0.2) is 39.7 Å². The normalized spacial score (nSPS) is 15.5. The van der Waals surface area contributed by atoms with Crippen molar-refractivity contribution in [1.29, 1.82) is 0 Å². The predicted molar refractivity (Wildman–Crippen MR) is 125 cm³/mol. The van der Waals surface area contributed by atoms with Crippen LogP contribution in [0.2, 0.25) is 0 Å². The highest BCUT2D eigenvalue weighted by molar-refractivity contribution is 14.0. The molecular formula is C21H27IN4O4. The second kappa shape index (κ2) is 11.0. The monoisotopic (exact) mass is 526 g/mol. The molecule has 3 rings (SSSR count). The lowest BCUT2D eigenvalue weighted by Crippen LogP contribution is -2.40. The molecule has 2 heterocycles. The van der Waals surface area contributed by atoms with Crippen LogP contribution in [0.4, 0.5) is 5.69 Å². The zero-order valence-corrected chi connectivity index (χ0v) is 19.6. The third-order valence-corrected chi connectivity index (χ3v) is 4.73. The molecule has 9 heteroatoms. The fourth-order valence-electron chi connectivity index (χ4n) is 3.34. The molecule has 0 saturated carbocycles. The Kier molecular flexibility index (Phi) is 8.70. The van der Waals surface area contributed by atoms with Crippen molar-refractivity contribution < 1.29 is 18.7 Å². The van der Waals surface area contributed by atoms with E-state index in [0.717, 1.165) is 11.3 Å². The van der Waals surface area contributed by atoms with Gasteiger partial charge in [-0.1, -0.05) is 18.2 Å². The second-order valence-corrected chi connectivity index (χ2v) is 6.79. The number of nitrogens with one attached hydrogen (secondary N) is 3. The van der Waals surface area contributed by atoms with Crippen LogP contribution in [0.3, 0.4) is 0 Å². The van der Waals surface area contributed by atoms with Crippen molar-refractivity contribution in [2.45, 2.75) is 32.7 Å². The molecule has 1 aliphatic heterocycles. The number of nitrogens with zero attached hydrogens (tertiary/aromatic N) is 1. The van der Waals surface area contributed by atoms with Crippen molar-refractivity contribution in [3.8, 4) is 0 Å². The van der Waals surface area contributed by atoms with Crippen molar-refractivity contribution in [2.24, 2.45) is 4.99 Å². The largest absolute Gasteiger partial charge is 0.465 e. The van der Waals surface area contributed by atoms with Crippen LogP contribution in [0.5, 0.6) is 0 Å². The standard InChI is InChI=1S/C21H26N4O4.HI/c1-4-22-21(24-12-15-10-17(13(2)29-15)20(27)28-3)23-11-14-9-19(26)25-18-8-6-5-7-16(14)18;/h5-8,10,14H,4,9,11-12H2,1-3H3,(H,25,26)(H2,22,23,24);1H. The van der Waals surface area contributed by atoms with Crippen LogP contribution >= 0.6 is 24.0 Å². The molecule has 1 aromatic heterocycles. The first kappa shape index (κ1) is 23.7. The minimum atomic E-state index is -0.430. The minimum Gasteiger partial charge on any atom is -0.465 e. The van der Waals surface area contributed by atoms with Gasteiger partial charge < -0.3 is 25.1 Å². The third-order valence-electron chi connectivity index (χ3n) is 4.73. The van der Waals surface area contributed by atoms with Crippen LogP contribution in [0.1, 0.15) is 46.7 Å². The number of hydrogen-bond acceptors (Lipinski definition) is 5. The van der Waals surface area contributed by atoms with Crippen LogP contribution in [0.25, 0.3) is 0 Å². The van der Waals surface area contributed by atoms with Gasteiger partial charge in [-0.3, -0.25) is 4.79 Å². The fraction of sp³-hybridized carbons (Fsp3) is 0.381. The molecule has 3 N–H and O–H groups in total. The SMILES string of the molecule is CCNC(=NCc1cc(C(=O)OC)c(C)o1)NCC1CC(=O)Nc2ccccc21.I. The van der Waals surface area contributed by atoms with E-state index in [1.165, 1.54) is 7.11 Å². The molecule has 1 aromatic carbocycles. The van der Waals surface area contributed by atoms with Crippen LogP contribution < -0.4 is 16.0 Å². The number of amides is 1. The summed E-state index contributed by atoms with van der Waals surface area (Å²) in [6, 6.07) is 9.48. The van der Waals surface area contributed by atoms with Gasteiger partial charge >= 0.3 is 5.97 Å². The van der Waals surface area contributed by atoms with Crippen molar-refractivity contribution in [1.82, 2.24) is 10.6 Å². The molecule has 1 unspecified atom stereocenters. The van der Waals surface area contributed by atoms with Gasteiger partial charge in [0, 0.05) is 31.1 Å². The lowest BCUT2D eigenvalue weighted by Gasteiger charge is -2.26. The molecule has 0 bridgehead atoms. The van der Waals surface area contributed by atoms with Gasteiger partial charge in [0.25, 0.3) is 0 Å². The number of carbonyl (C=O) groups is 2. The number of methoxy groups -OCH3 is 1. The molecule has 162 valence electrons. The number of aryl methyl sites for hydroxylation is 1. The summed E-state index contributed by atoms with van der Waals surface area (Å²) >= 11 is 0.